The topological polar surface area (TPSA) is 30.3 Å². The number of rotatable bonds is 3. The van der Waals surface area contributed by atoms with Crippen molar-refractivity contribution in [3.05, 3.63) is 0 Å². The van der Waals surface area contributed by atoms with Crippen LogP contribution in [0.3, 0.4) is 0 Å². The lowest BCUT2D eigenvalue weighted by molar-refractivity contribution is -0.946. The maximum atomic E-state index is 5.01. The number of nitrogens with one attached hydrogen (secondary N) is 1. The fraction of sp³-hybridized carbons (Fsp3) is 1.00. The minimum absolute atomic E-state index is 0.912. The van der Waals surface area contributed by atoms with Gasteiger partial charge in [-0.3, -0.25) is 0 Å². The summed E-state index contributed by atoms with van der Waals surface area (Å²) in [7, 11) is 1.77. The Morgan fingerprint density at radius 3 is 2.70 bits per heavy atom. The van der Waals surface area contributed by atoms with Crippen LogP contribution in [-0.4, -0.2) is 46.4 Å². The van der Waals surface area contributed by atoms with Gasteiger partial charge in [0, 0.05) is 7.11 Å². The number of ether oxygens (including phenoxy) is 1. The Morgan fingerprint density at radius 2 is 2.10 bits per heavy atom. The van der Waals surface area contributed by atoms with E-state index in [-0.39, 0.29) is 0 Å². The molecule has 1 rings (SSSR count). The van der Waals surface area contributed by atoms with Crippen molar-refractivity contribution in [2.75, 3.05) is 46.4 Å². The van der Waals surface area contributed by atoms with Gasteiger partial charge in [-0.25, -0.2) is 0 Å². The van der Waals surface area contributed by atoms with Crippen LogP contribution in [0.4, 0.5) is 0 Å². The molecule has 0 aliphatic carbocycles. The molecule has 0 aromatic rings. The standard InChI is InChI=1S/C7H16N2O/c1-10-7-6-9-4-2-8-3-5-9/h8H,2-7H2,1H3/p+2. The summed E-state index contributed by atoms with van der Waals surface area (Å²) in [5, 5.41) is 2.39. The molecule has 0 atom stereocenters. The van der Waals surface area contributed by atoms with Crippen molar-refractivity contribution < 1.29 is 15.0 Å². The van der Waals surface area contributed by atoms with Crippen LogP contribution in [0, 0.1) is 0 Å². The Morgan fingerprint density at radius 1 is 1.40 bits per heavy atom. The monoisotopic (exact) mass is 146 g/mol. The molecule has 0 unspecified atom stereocenters. The van der Waals surface area contributed by atoms with Crippen molar-refractivity contribution in [2.45, 2.75) is 0 Å². The Labute approximate surface area is 62.3 Å². The number of hydrogen-bond donors (Lipinski definition) is 2. The summed E-state index contributed by atoms with van der Waals surface area (Å²) in [6.07, 6.45) is 0. The average Bonchev–Trinajstić information content (AvgIpc) is 2.03. The summed E-state index contributed by atoms with van der Waals surface area (Å²) < 4.78 is 5.01. The molecule has 1 saturated heterocycles. The number of methoxy groups -OCH3 is 1. The van der Waals surface area contributed by atoms with E-state index in [2.05, 4.69) is 5.32 Å². The SMILES string of the molecule is COCC[NH+]1CC[NH2+]CC1. The van der Waals surface area contributed by atoms with Crippen molar-refractivity contribution in [1.29, 1.82) is 0 Å². The fourth-order valence-corrected chi connectivity index (χ4v) is 1.38. The lowest BCUT2D eigenvalue weighted by Crippen LogP contribution is -3.20. The maximum absolute atomic E-state index is 5.01. The highest BCUT2D eigenvalue weighted by Gasteiger charge is 2.13. The molecule has 1 aliphatic rings. The second-order valence-corrected chi connectivity index (χ2v) is 2.86. The van der Waals surface area contributed by atoms with Gasteiger partial charge in [-0.15, -0.1) is 0 Å². The van der Waals surface area contributed by atoms with Gasteiger partial charge in [-0.2, -0.15) is 0 Å². The zero-order valence-electron chi connectivity index (χ0n) is 6.73. The highest BCUT2D eigenvalue weighted by atomic mass is 16.5. The van der Waals surface area contributed by atoms with Gasteiger partial charge in [0.1, 0.15) is 32.7 Å². The van der Waals surface area contributed by atoms with Crippen LogP contribution in [-0.2, 0) is 4.74 Å². The number of piperazine rings is 1. The minimum Gasteiger partial charge on any atom is -0.379 e. The summed E-state index contributed by atoms with van der Waals surface area (Å²) in [6.45, 7) is 7.30. The second-order valence-electron chi connectivity index (χ2n) is 2.86. The number of hydrogen-bond acceptors (Lipinski definition) is 1. The molecule has 3 N–H and O–H groups in total. The van der Waals surface area contributed by atoms with E-state index in [9.17, 15) is 0 Å². The molecule has 0 aromatic heterocycles. The van der Waals surface area contributed by atoms with Gasteiger partial charge >= 0.3 is 0 Å². The van der Waals surface area contributed by atoms with Crippen molar-refractivity contribution in [3.63, 3.8) is 0 Å². The molecule has 0 saturated carbocycles. The van der Waals surface area contributed by atoms with Crippen molar-refractivity contribution in [2.24, 2.45) is 0 Å². The van der Waals surface area contributed by atoms with Crippen LogP contribution in [0.5, 0.6) is 0 Å². The predicted molar refractivity (Wildman–Crippen MR) is 39.1 cm³/mol. The van der Waals surface area contributed by atoms with Gasteiger partial charge in [-0.05, 0) is 0 Å². The molecule has 0 aromatic carbocycles. The zero-order chi connectivity index (χ0) is 7.23. The molecule has 0 bridgehead atoms. The number of quaternary nitrogens is 2. The molecule has 3 nitrogen and oxygen atoms in total. The molecule has 10 heavy (non-hydrogen) atoms. The third kappa shape index (κ3) is 2.64. The molecule has 0 spiro atoms. The highest BCUT2D eigenvalue weighted by molar-refractivity contribution is 4.33. The third-order valence-corrected chi connectivity index (χ3v) is 2.06. The van der Waals surface area contributed by atoms with Crippen LogP contribution in [0.1, 0.15) is 0 Å². The Hall–Kier alpha value is -0.120. The summed E-state index contributed by atoms with van der Waals surface area (Å²) in [6, 6.07) is 0. The highest BCUT2D eigenvalue weighted by Crippen LogP contribution is 1.60. The molecule has 1 aliphatic heterocycles. The summed E-state index contributed by atoms with van der Waals surface area (Å²) in [5.41, 5.74) is 0. The smallest absolute Gasteiger partial charge is 0.127 e. The van der Waals surface area contributed by atoms with Crippen molar-refractivity contribution in [1.82, 2.24) is 0 Å². The van der Waals surface area contributed by atoms with E-state index in [1.807, 2.05) is 0 Å². The first-order chi connectivity index (χ1) is 4.93. The van der Waals surface area contributed by atoms with E-state index in [1.54, 1.807) is 12.0 Å². The molecular formula is C7H18N2O+2. The lowest BCUT2D eigenvalue weighted by atomic mass is 10.4. The molecule has 0 amide bonds. The first kappa shape index (κ1) is 7.98. The predicted octanol–water partition coefficient (Wildman–Crippen LogP) is -2.91. The van der Waals surface area contributed by atoms with E-state index in [0.717, 1.165) is 6.61 Å². The maximum Gasteiger partial charge on any atom is 0.127 e. The van der Waals surface area contributed by atoms with Gasteiger partial charge in [0.25, 0.3) is 0 Å². The number of nitrogens with two attached hydrogens (primary N) is 1. The largest absolute Gasteiger partial charge is 0.379 e. The van der Waals surface area contributed by atoms with Crippen LogP contribution in [0.2, 0.25) is 0 Å². The van der Waals surface area contributed by atoms with Gasteiger partial charge in [0.05, 0.1) is 6.61 Å². The van der Waals surface area contributed by atoms with Crippen molar-refractivity contribution in [3.8, 4) is 0 Å². The van der Waals surface area contributed by atoms with Crippen LogP contribution in [0.25, 0.3) is 0 Å². The second kappa shape index (κ2) is 4.66. The Balaban J connectivity index is 2.02. The average molecular weight is 146 g/mol. The van der Waals surface area contributed by atoms with Gasteiger partial charge in [0.2, 0.25) is 0 Å². The van der Waals surface area contributed by atoms with Gasteiger partial charge in [0.15, 0.2) is 0 Å². The minimum atomic E-state index is 0.912. The van der Waals surface area contributed by atoms with Crippen LogP contribution >= 0.6 is 0 Å². The van der Waals surface area contributed by atoms with E-state index >= 15 is 0 Å². The van der Waals surface area contributed by atoms with Gasteiger partial charge < -0.3 is 15.0 Å². The fourth-order valence-electron chi connectivity index (χ4n) is 1.38. The lowest BCUT2D eigenvalue weighted by Gasteiger charge is -2.21. The summed E-state index contributed by atoms with van der Waals surface area (Å²) >= 11 is 0. The quantitative estimate of drug-likeness (QED) is 0.439. The van der Waals surface area contributed by atoms with Crippen molar-refractivity contribution >= 4 is 0 Å². The Kier molecular flexibility index (Phi) is 3.72. The van der Waals surface area contributed by atoms with Crippen LogP contribution < -0.4 is 10.2 Å². The van der Waals surface area contributed by atoms with E-state index in [1.165, 1.54) is 32.7 Å². The Bertz CT molecular complexity index is 81.7. The third-order valence-electron chi connectivity index (χ3n) is 2.06. The molecule has 0 radical (unpaired) electrons. The van der Waals surface area contributed by atoms with E-state index < -0.39 is 0 Å². The molecular weight excluding hydrogens is 128 g/mol. The molecule has 60 valence electrons. The molecule has 1 heterocycles. The first-order valence-corrected chi connectivity index (χ1v) is 4.07. The van der Waals surface area contributed by atoms with Crippen LogP contribution in [0.15, 0.2) is 0 Å². The zero-order valence-corrected chi connectivity index (χ0v) is 6.73. The van der Waals surface area contributed by atoms with Gasteiger partial charge in [-0.1, -0.05) is 0 Å². The molecule has 1 fully saturated rings. The normalized spacial score (nSPS) is 21.3. The summed E-state index contributed by atoms with van der Waals surface area (Å²) in [4.78, 5) is 1.70. The summed E-state index contributed by atoms with van der Waals surface area (Å²) in [5.74, 6) is 0. The molecule has 3 heteroatoms. The van der Waals surface area contributed by atoms with E-state index in [4.69, 9.17) is 4.74 Å². The van der Waals surface area contributed by atoms with E-state index in [0.29, 0.717) is 0 Å². The first-order valence-electron chi connectivity index (χ1n) is 4.07.